The zero-order valence-electron chi connectivity index (χ0n) is 16.4. The number of anilines is 1. The molecule has 28 heavy (non-hydrogen) atoms. The summed E-state index contributed by atoms with van der Waals surface area (Å²) in [6.45, 7) is 5.97. The summed E-state index contributed by atoms with van der Waals surface area (Å²) in [6, 6.07) is 11.1. The van der Waals surface area contributed by atoms with Crippen LogP contribution in [-0.4, -0.2) is 18.8 Å². The van der Waals surface area contributed by atoms with Gasteiger partial charge in [0.05, 0.1) is 18.6 Å². The molecule has 0 aliphatic rings. The first kappa shape index (κ1) is 20.0. The van der Waals surface area contributed by atoms with E-state index < -0.39 is 0 Å². The van der Waals surface area contributed by atoms with E-state index in [0.29, 0.717) is 22.8 Å². The van der Waals surface area contributed by atoms with Crippen molar-refractivity contribution >= 4 is 34.3 Å². The number of ether oxygens (including phenoxy) is 1. The van der Waals surface area contributed by atoms with Gasteiger partial charge in [0.2, 0.25) is 5.91 Å². The number of rotatable bonds is 6. The van der Waals surface area contributed by atoms with Crippen molar-refractivity contribution in [2.75, 3.05) is 18.2 Å². The van der Waals surface area contributed by atoms with Gasteiger partial charge < -0.3 is 14.5 Å². The number of benzene rings is 2. The van der Waals surface area contributed by atoms with Gasteiger partial charge in [0.1, 0.15) is 11.3 Å². The third kappa shape index (κ3) is 4.57. The molecule has 5 nitrogen and oxygen atoms in total. The molecule has 0 bridgehead atoms. The minimum atomic E-state index is -0.375. The maximum atomic E-state index is 12.3. The number of carbonyl (C=O) groups excluding carboxylic acids is 1. The van der Waals surface area contributed by atoms with Gasteiger partial charge in [0, 0.05) is 17.2 Å². The van der Waals surface area contributed by atoms with Crippen LogP contribution < -0.4 is 15.7 Å². The van der Waals surface area contributed by atoms with Crippen LogP contribution in [0.1, 0.15) is 22.3 Å². The molecule has 6 heteroatoms. The van der Waals surface area contributed by atoms with Crippen molar-refractivity contribution in [1.82, 2.24) is 0 Å². The molecule has 1 aromatic heterocycles. The van der Waals surface area contributed by atoms with Crippen LogP contribution in [0.5, 0.6) is 5.75 Å². The van der Waals surface area contributed by atoms with E-state index in [0.717, 1.165) is 27.6 Å². The summed E-state index contributed by atoms with van der Waals surface area (Å²) in [5, 5.41) is 3.80. The summed E-state index contributed by atoms with van der Waals surface area (Å²) in [7, 11) is 1.57. The first-order valence-electron chi connectivity index (χ1n) is 8.93. The lowest BCUT2D eigenvalue weighted by Gasteiger charge is -2.11. The van der Waals surface area contributed by atoms with Gasteiger partial charge in [-0.25, -0.2) is 4.79 Å². The second kappa shape index (κ2) is 8.52. The van der Waals surface area contributed by atoms with Crippen LogP contribution in [0.4, 0.5) is 5.69 Å². The highest BCUT2D eigenvalue weighted by molar-refractivity contribution is 7.99. The second-order valence-corrected chi connectivity index (χ2v) is 7.75. The number of amides is 1. The highest BCUT2D eigenvalue weighted by atomic mass is 32.2. The first-order valence-corrected chi connectivity index (χ1v) is 10.1. The van der Waals surface area contributed by atoms with E-state index in [1.807, 2.05) is 51.1 Å². The van der Waals surface area contributed by atoms with Crippen LogP contribution in [0, 0.1) is 20.8 Å². The van der Waals surface area contributed by atoms with Crippen LogP contribution >= 0.6 is 11.8 Å². The fourth-order valence-corrected chi connectivity index (χ4v) is 3.78. The lowest BCUT2D eigenvalue weighted by Crippen LogP contribution is -2.15. The van der Waals surface area contributed by atoms with Crippen LogP contribution in [0.25, 0.3) is 11.0 Å². The third-order valence-corrected chi connectivity index (χ3v) is 5.55. The fourth-order valence-electron chi connectivity index (χ4n) is 2.96. The zero-order chi connectivity index (χ0) is 20.3. The second-order valence-electron chi connectivity index (χ2n) is 6.77. The number of hydrogen-bond acceptors (Lipinski definition) is 5. The molecule has 2 aromatic carbocycles. The monoisotopic (exact) mass is 397 g/mol. The van der Waals surface area contributed by atoms with Gasteiger partial charge in [-0.15, -0.1) is 11.8 Å². The number of nitrogens with one attached hydrogen (secondary N) is 1. The zero-order valence-corrected chi connectivity index (χ0v) is 17.2. The van der Waals surface area contributed by atoms with E-state index in [1.165, 1.54) is 17.8 Å². The van der Waals surface area contributed by atoms with Gasteiger partial charge in [-0.05, 0) is 67.3 Å². The lowest BCUT2D eigenvalue weighted by atomic mass is 10.0. The molecule has 1 N–H and O–H groups in total. The lowest BCUT2D eigenvalue weighted by molar-refractivity contribution is -0.113. The van der Waals surface area contributed by atoms with Crippen LogP contribution in [0.15, 0.2) is 45.6 Å². The van der Waals surface area contributed by atoms with Gasteiger partial charge in [-0.3, -0.25) is 4.79 Å². The van der Waals surface area contributed by atoms with Gasteiger partial charge in [-0.2, -0.15) is 0 Å². The Hall–Kier alpha value is -2.73. The van der Waals surface area contributed by atoms with Crippen molar-refractivity contribution < 1.29 is 13.9 Å². The van der Waals surface area contributed by atoms with E-state index in [-0.39, 0.29) is 17.3 Å². The predicted molar refractivity (Wildman–Crippen MR) is 114 cm³/mol. The Morgan fingerprint density at radius 2 is 1.86 bits per heavy atom. The summed E-state index contributed by atoms with van der Waals surface area (Å²) in [4.78, 5) is 24.2. The number of carbonyl (C=O) groups is 1. The minimum Gasteiger partial charge on any atom is -0.495 e. The molecular weight excluding hydrogens is 374 g/mol. The van der Waals surface area contributed by atoms with Crippen molar-refractivity contribution in [3.63, 3.8) is 0 Å². The summed E-state index contributed by atoms with van der Waals surface area (Å²) in [5.41, 5.74) is 4.99. The number of aryl methyl sites for hydroxylation is 3. The highest BCUT2D eigenvalue weighted by Gasteiger charge is 2.11. The molecule has 0 atom stereocenters. The SMILES string of the molecule is COc1ccc(C)cc1NC(=O)CSCc1cc(=O)oc2cc(C)c(C)cc12. The Bertz CT molecular complexity index is 1090. The Labute approximate surface area is 168 Å². The van der Waals surface area contributed by atoms with Crippen LogP contribution in [0.3, 0.4) is 0 Å². The largest absolute Gasteiger partial charge is 0.495 e. The van der Waals surface area contributed by atoms with Crippen LogP contribution in [-0.2, 0) is 10.5 Å². The van der Waals surface area contributed by atoms with E-state index in [4.69, 9.17) is 9.15 Å². The summed E-state index contributed by atoms with van der Waals surface area (Å²) in [5.74, 6) is 1.32. The molecule has 0 aliphatic heterocycles. The van der Waals surface area contributed by atoms with Crippen molar-refractivity contribution in [3.8, 4) is 5.75 Å². The van der Waals surface area contributed by atoms with E-state index in [9.17, 15) is 9.59 Å². The molecule has 0 saturated carbocycles. The Morgan fingerprint density at radius 3 is 2.61 bits per heavy atom. The number of methoxy groups -OCH3 is 1. The molecule has 1 heterocycles. The molecule has 0 saturated heterocycles. The van der Waals surface area contributed by atoms with Crippen molar-refractivity contribution in [3.05, 3.63) is 69.1 Å². The van der Waals surface area contributed by atoms with Crippen molar-refractivity contribution in [1.29, 1.82) is 0 Å². The Balaban J connectivity index is 1.70. The Morgan fingerprint density at radius 1 is 1.11 bits per heavy atom. The first-order chi connectivity index (χ1) is 13.4. The normalized spacial score (nSPS) is 10.9. The minimum absolute atomic E-state index is 0.117. The molecule has 0 unspecified atom stereocenters. The standard InChI is InChI=1S/C22H23NO4S/c1-13-5-6-19(26-4)18(7-13)23-21(24)12-28-11-16-10-22(25)27-20-9-15(3)14(2)8-17(16)20/h5-10H,11-12H2,1-4H3,(H,23,24). The molecule has 146 valence electrons. The van der Waals surface area contributed by atoms with Crippen molar-refractivity contribution in [2.24, 2.45) is 0 Å². The maximum Gasteiger partial charge on any atom is 0.336 e. The number of fused-ring (bicyclic) bond motifs is 1. The smallest absolute Gasteiger partial charge is 0.336 e. The third-order valence-electron chi connectivity index (χ3n) is 4.56. The summed E-state index contributed by atoms with van der Waals surface area (Å²) >= 11 is 1.45. The van der Waals surface area contributed by atoms with E-state index >= 15 is 0 Å². The summed E-state index contributed by atoms with van der Waals surface area (Å²) in [6.07, 6.45) is 0. The molecule has 1 amide bonds. The Kier molecular flexibility index (Phi) is 6.09. The molecule has 0 radical (unpaired) electrons. The van der Waals surface area contributed by atoms with Crippen LogP contribution in [0.2, 0.25) is 0 Å². The predicted octanol–water partition coefficient (Wildman–Crippen LogP) is 4.60. The average Bonchev–Trinajstić information content (AvgIpc) is 2.63. The molecule has 0 fully saturated rings. The quantitative estimate of drug-likeness (QED) is 0.616. The molecular formula is C22H23NO4S. The van der Waals surface area contributed by atoms with Gasteiger partial charge in [-0.1, -0.05) is 6.07 Å². The molecule has 3 rings (SSSR count). The number of hydrogen-bond donors (Lipinski definition) is 1. The highest BCUT2D eigenvalue weighted by Crippen LogP contribution is 2.27. The topological polar surface area (TPSA) is 68.5 Å². The maximum absolute atomic E-state index is 12.3. The summed E-state index contributed by atoms with van der Waals surface area (Å²) < 4.78 is 10.6. The molecule has 3 aromatic rings. The van der Waals surface area contributed by atoms with E-state index in [1.54, 1.807) is 7.11 Å². The average molecular weight is 397 g/mol. The molecule has 0 aliphatic carbocycles. The molecule has 0 spiro atoms. The van der Waals surface area contributed by atoms with Gasteiger partial charge >= 0.3 is 5.63 Å². The van der Waals surface area contributed by atoms with Gasteiger partial charge in [0.25, 0.3) is 0 Å². The fraction of sp³-hybridized carbons (Fsp3) is 0.273. The number of thioether (sulfide) groups is 1. The van der Waals surface area contributed by atoms with Gasteiger partial charge in [0.15, 0.2) is 0 Å². The van der Waals surface area contributed by atoms with E-state index in [2.05, 4.69) is 5.32 Å². The van der Waals surface area contributed by atoms with Crippen molar-refractivity contribution in [2.45, 2.75) is 26.5 Å².